The maximum atomic E-state index is 13.1. The molecule has 0 unspecified atom stereocenters. The van der Waals surface area contributed by atoms with E-state index in [1.54, 1.807) is 24.0 Å². The van der Waals surface area contributed by atoms with E-state index in [4.69, 9.17) is 4.74 Å². The number of esters is 1. The summed E-state index contributed by atoms with van der Waals surface area (Å²) in [5.74, 6) is -1.10. The molecule has 1 aromatic carbocycles. The van der Waals surface area contributed by atoms with Crippen LogP contribution in [0.1, 0.15) is 38.7 Å². The molecular weight excluding hydrogens is 273 g/mol. The Labute approximate surface area is 123 Å². The monoisotopic (exact) mass is 293 g/mol. The molecule has 1 aromatic rings. The molecule has 0 radical (unpaired) electrons. The Morgan fingerprint density at radius 2 is 2.00 bits per heavy atom. The molecule has 0 saturated carbocycles. The zero-order chi connectivity index (χ0) is 15.6. The first-order chi connectivity index (χ1) is 9.95. The summed E-state index contributed by atoms with van der Waals surface area (Å²) in [5.41, 5.74) is 0.783. The average molecular weight is 293 g/mol. The molecule has 1 saturated heterocycles. The summed E-state index contributed by atoms with van der Waals surface area (Å²) in [5, 5.41) is 0. The van der Waals surface area contributed by atoms with Crippen molar-refractivity contribution in [2.75, 3.05) is 6.61 Å². The number of rotatable bonds is 4. The van der Waals surface area contributed by atoms with E-state index in [1.807, 2.05) is 13.8 Å². The Morgan fingerprint density at radius 1 is 1.38 bits per heavy atom. The Balaban J connectivity index is 2.36. The van der Waals surface area contributed by atoms with Crippen molar-refractivity contribution in [3.63, 3.8) is 0 Å². The molecule has 2 atom stereocenters. The third-order valence-corrected chi connectivity index (χ3v) is 3.75. The minimum Gasteiger partial charge on any atom is -0.464 e. The molecule has 0 aromatic heterocycles. The Bertz CT molecular complexity index is 527. The first-order valence-electron chi connectivity index (χ1n) is 7.19. The van der Waals surface area contributed by atoms with E-state index >= 15 is 0 Å². The summed E-state index contributed by atoms with van der Waals surface area (Å²) in [6.45, 7) is 5.75. The van der Waals surface area contributed by atoms with E-state index in [2.05, 4.69) is 0 Å². The molecule has 4 nitrogen and oxygen atoms in total. The zero-order valence-electron chi connectivity index (χ0n) is 12.5. The number of carbonyl (C=O) groups is 2. The van der Waals surface area contributed by atoms with E-state index < -0.39 is 12.0 Å². The van der Waals surface area contributed by atoms with Crippen LogP contribution in [0.25, 0.3) is 0 Å². The molecule has 21 heavy (non-hydrogen) atoms. The number of likely N-dealkylation sites (tertiary alicyclic amines) is 1. The van der Waals surface area contributed by atoms with Gasteiger partial charge in [-0.05, 0) is 38.5 Å². The molecule has 1 fully saturated rings. The standard InChI is InChI=1S/C16H20FNO3/c1-4-21-16(20)15-13(9-14(19)18(15)10(2)3)11-5-7-12(17)8-6-11/h5-8,10,13,15H,4,9H2,1-3H3/t13-,15+/m1/s1. The lowest BCUT2D eigenvalue weighted by Crippen LogP contribution is -2.45. The van der Waals surface area contributed by atoms with E-state index in [0.29, 0.717) is 0 Å². The van der Waals surface area contributed by atoms with Crippen LogP contribution in [0.4, 0.5) is 4.39 Å². The van der Waals surface area contributed by atoms with Crippen LogP contribution in [0.2, 0.25) is 0 Å². The molecule has 114 valence electrons. The van der Waals surface area contributed by atoms with Crippen LogP contribution in [0.5, 0.6) is 0 Å². The third kappa shape index (κ3) is 3.06. The van der Waals surface area contributed by atoms with Gasteiger partial charge in [-0.15, -0.1) is 0 Å². The van der Waals surface area contributed by atoms with Crippen molar-refractivity contribution in [1.29, 1.82) is 0 Å². The molecule has 0 bridgehead atoms. The largest absolute Gasteiger partial charge is 0.464 e. The van der Waals surface area contributed by atoms with Gasteiger partial charge in [-0.2, -0.15) is 0 Å². The van der Waals surface area contributed by atoms with Gasteiger partial charge in [0, 0.05) is 18.4 Å². The molecule has 5 heteroatoms. The summed E-state index contributed by atoms with van der Waals surface area (Å²) in [4.78, 5) is 26.1. The van der Waals surface area contributed by atoms with Crippen LogP contribution in [0, 0.1) is 5.82 Å². The fourth-order valence-corrected chi connectivity index (χ4v) is 2.88. The third-order valence-electron chi connectivity index (χ3n) is 3.75. The van der Waals surface area contributed by atoms with Gasteiger partial charge >= 0.3 is 5.97 Å². The van der Waals surface area contributed by atoms with Gasteiger partial charge in [0.1, 0.15) is 11.9 Å². The van der Waals surface area contributed by atoms with Crippen molar-refractivity contribution >= 4 is 11.9 Å². The van der Waals surface area contributed by atoms with Gasteiger partial charge in [0.05, 0.1) is 6.61 Å². The normalized spacial score (nSPS) is 22.0. The molecule has 2 rings (SSSR count). The number of nitrogens with zero attached hydrogens (tertiary/aromatic N) is 1. The maximum absolute atomic E-state index is 13.1. The lowest BCUT2D eigenvalue weighted by Gasteiger charge is -2.29. The summed E-state index contributed by atoms with van der Waals surface area (Å²) < 4.78 is 18.2. The highest BCUT2D eigenvalue weighted by molar-refractivity contribution is 5.90. The van der Waals surface area contributed by atoms with Crippen LogP contribution in [-0.2, 0) is 14.3 Å². The van der Waals surface area contributed by atoms with E-state index in [9.17, 15) is 14.0 Å². The Morgan fingerprint density at radius 3 is 2.52 bits per heavy atom. The van der Waals surface area contributed by atoms with Crippen molar-refractivity contribution in [2.45, 2.75) is 45.2 Å². The Hall–Kier alpha value is -1.91. The predicted octanol–water partition coefficient (Wildman–Crippen LogP) is 2.48. The zero-order valence-corrected chi connectivity index (χ0v) is 12.5. The van der Waals surface area contributed by atoms with Crippen LogP contribution in [-0.4, -0.2) is 35.5 Å². The summed E-state index contributed by atoms with van der Waals surface area (Å²) in [6, 6.07) is 5.23. The second kappa shape index (κ2) is 6.24. The minimum atomic E-state index is -0.636. The second-order valence-electron chi connectivity index (χ2n) is 5.45. The lowest BCUT2D eigenvalue weighted by atomic mass is 9.91. The highest BCUT2D eigenvalue weighted by Crippen LogP contribution is 2.36. The first kappa shape index (κ1) is 15.5. The first-order valence-corrected chi connectivity index (χ1v) is 7.19. The predicted molar refractivity (Wildman–Crippen MR) is 76.2 cm³/mol. The van der Waals surface area contributed by atoms with E-state index in [0.717, 1.165) is 5.56 Å². The molecule has 1 aliphatic heterocycles. The molecule has 0 spiro atoms. The number of carbonyl (C=O) groups excluding carboxylic acids is 2. The minimum absolute atomic E-state index is 0.0719. The van der Waals surface area contributed by atoms with Crippen molar-refractivity contribution < 1.29 is 18.7 Å². The average Bonchev–Trinajstić information content (AvgIpc) is 2.77. The maximum Gasteiger partial charge on any atom is 0.329 e. The van der Waals surface area contributed by atoms with Gasteiger partial charge in [-0.25, -0.2) is 9.18 Å². The summed E-state index contributed by atoms with van der Waals surface area (Å²) >= 11 is 0. The molecule has 1 amide bonds. The summed E-state index contributed by atoms with van der Waals surface area (Å²) in [6.07, 6.45) is 0.243. The van der Waals surface area contributed by atoms with Crippen molar-refractivity contribution in [2.24, 2.45) is 0 Å². The van der Waals surface area contributed by atoms with Crippen LogP contribution in [0.3, 0.4) is 0 Å². The van der Waals surface area contributed by atoms with Crippen molar-refractivity contribution in [3.05, 3.63) is 35.6 Å². The van der Waals surface area contributed by atoms with Gasteiger partial charge in [0.25, 0.3) is 0 Å². The fraction of sp³-hybridized carbons (Fsp3) is 0.500. The van der Waals surface area contributed by atoms with Gasteiger partial charge in [-0.3, -0.25) is 4.79 Å². The topological polar surface area (TPSA) is 46.6 Å². The molecule has 1 heterocycles. The number of amides is 1. The summed E-state index contributed by atoms with van der Waals surface area (Å²) in [7, 11) is 0. The van der Waals surface area contributed by atoms with E-state index in [-0.39, 0.29) is 36.7 Å². The molecular formula is C16H20FNO3. The van der Waals surface area contributed by atoms with Gasteiger partial charge in [0.15, 0.2) is 0 Å². The molecule has 1 aliphatic rings. The fourth-order valence-electron chi connectivity index (χ4n) is 2.88. The van der Waals surface area contributed by atoms with Gasteiger partial charge in [-0.1, -0.05) is 12.1 Å². The Kier molecular flexibility index (Phi) is 4.60. The van der Waals surface area contributed by atoms with E-state index in [1.165, 1.54) is 12.1 Å². The lowest BCUT2D eigenvalue weighted by molar-refractivity contribution is -0.152. The van der Waals surface area contributed by atoms with Gasteiger partial charge < -0.3 is 9.64 Å². The highest BCUT2D eigenvalue weighted by Gasteiger charge is 2.46. The van der Waals surface area contributed by atoms with Crippen molar-refractivity contribution in [1.82, 2.24) is 4.90 Å². The van der Waals surface area contributed by atoms with Crippen LogP contribution >= 0.6 is 0 Å². The van der Waals surface area contributed by atoms with Crippen LogP contribution in [0.15, 0.2) is 24.3 Å². The number of halogens is 1. The van der Waals surface area contributed by atoms with Crippen molar-refractivity contribution in [3.8, 4) is 0 Å². The highest BCUT2D eigenvalue weighted by atomic mass is 19.1. The SMILES string of the molecule is CCOC(=O)[C@@H]1[C@@H](c2ccc(F)cc2)CC(=O)N1C(C)C. The number of ether oxygens (including phenoxy) is 1. The quantitative estimate of drug-likeness (QED) is 0.801. The molecule has 0 aliphatic carbocycles. The number of hydrogen-bond acceptors (Lipinski definition) is 3. The second-order valence-corrected chi connectivity index (χ2v) is 5.45. The molecule has 0 N–H and O–H groups in total. The number of benzene rings is 1. The smallest absolute Gasteiger partial charge is 0.329 e. The number of hydrogen-bond donors (Lipinski definition) is 0. The van der Waals surface area contributed by atoms with Gasteiger partial charge in [0.2, 0.25) is 5.91 Å². The van der Waals surface area contributed by atoms with Crippen LogP contribution < -0.4 is 0 Å².